The molecule has 5 nitrogen and oxygen atoms in total. The van der Waals surface area contributed by atoms with Crippen molar-refractivity contribution in [2.75, 3.05) is 18.6 Å². The zero-order valence-electron chi connectivity index (χ0n) is 12.0. The van der Waals surface area contributed by atoms with Gasteiger partial charge in [0.25, 0.3) is 5.91 Å². The third-order valence-electron chi connectivity index (χ3n) is 3.20. The molecule has 0 spiro atoms. The molecule has 0 saturated heterocycles. The third kappa shape index (κ3) is 3.05. The first-order valence-electron chi connectivity index (χ1n) is 6.76. The van der Waals surface area contributed by atoms with Gasteiger partial charge in [0.2, 0.25) is 0 Å². The van der Waals surface area contributed by atoms with Crippen LogP contribution in [0.3, 0.4) is 0 Å². The summed E-state index contributed by atoms with van der Waals surface area (Å²) in [7, 11) is 0. The van der Waals surface area contributed by atoms with Gasteiger partial charge in [-0.2, -0.15) is 0 Å². The summed E-state index contributed by atoms with van der Waals surface area (Å²) in [5.41, 5.74) is 4.03. The molecular weight excluding hydrogens is 349 g/mol. The second-order valence-corrected chi connectivity index (χ2v) is 5.19. The van der Waals surface area contributed by atoms with E-state index < -0.39 is 29.0 Å². The minimum atomic E-state index is -1.64. The van der Waals surface area contributed by atoms with Crippen molar-refractivity contribution in [3.63, 3.8) is 0 Å². The molecule has 0 radical (unpaired) electrons. The highest BCUT2D eigenvalue weighted by atomic mass is 35.5. The Morgan fingerprint density at radius 3 is 2.62 bits per heavy atom. The zero-order valence-corrected chi connectivity index (χ0v) is 12.7. The highest BCUT2D eigenvalue weighted by Crippen LogP contribution is 2.38. The number of carbonyl (C=O) groups excluding carboxylic acids is 1. The molecule has 0 atom stereocenters. The smallest absolute Gasteiger partial charge is 0.269 e. The standard InChI is InChI=1S/C15H10ClF3N2O3/c16-8-5-7(6-11-14(8)24-4-3-23-11)15(22)21-20-10-2-1-9(17)12(18)13(10)19/h1-2,5-6,20H,3-4H2,(H,21,22). The average Bonchev–Trinajstić information content (AvgIpc) is 2.59. The highest BCUT2D eigenvalue weighted by molar-refractivity contribution is 6.32. The number of hydrogen-bond acceptors (Lipinski definition) is 4. The number of rotatable bonds is 3. The monoisotopic (exact) mass is 358 g/mol. The van der Waals surface area contributed by atoms with Gasteiger partial charge in [0.15, 0.2) is 29.0 Å². The van der Waals surface area contributed by atoms with Crippen LogP contribution in [-0.2, 0) is 0 Å². The van der Waals surface area contributed by atoms with Gasteiger partial charge in [0.1, 0.15) is 13.2 Å². The number of anilines is 1. The first kappa shape index (κ1) is 16.3. The lowest BCUT2D eigenvalue weighted by atomic mass is 10.2. The Balaban J connectivity index is 1.76. The van der Waals surface area contributed by atoms with Crippen LogP contribution in [0.15, 0.2) is 24.3 Å². The quantitative estimate of drug-likeness (QED) is 0.653. The van der Waals surface area contributed by atoms with E-state index in [1.807, 2.05) is 0 Å². The van der Waals surface area contributed by atoms with Crippen molar-refractivity contribution >= 4 is 23.2 Å². The molecule has 1 aliphatic rings. The molecule has 24 heavy (non-hydrogen) atoms. The molecule has 0 bridgehead atoms. The number of fused-ring (bicyclic) bond motifs is 1. The van der Waals surface area contributed by atoms with Gasteiger partial charge in [0.05, 0.1) is 10.7 Å². The van der Waals surface area contributed by atoms with E-state index in [-0.39, 0.29) is 10.6 Å². The average molecular weight is 359 g/mol. The van der Waals surface area contributed by atoms with Gasteiger partial charge in [0, 0.05) is 5.56 Å². The summed E-state index contributed by atoms with van der Waals surface area (Å²) in [6.45, 7) is 0.655. The summed E-state index contributed by atoms with van der Waals surface area (Å²) in [5.74, 6) is -4.47. The molecule has 1 aliphatic heterocycles. The Hall–Kier alpha value is -2.61. The molecule has 1 amide bonds. The summed E-state index contributed by atoms with van der Waals surface area (Å²) < 4.78 is 50.2. The van der Waals surface area contributed by atoms with Crippen LogP contribution in [0, 0.1) is 17.5 Å². The van der Waals surface area contributed by atoms with Crippen LogP contribution in [-0.4, -0.2) is 19.1 Å². The number of hydrogen-bond donors (Lipinski definition) is 2. The lowest BCUT2D eigenvalue weighted by Crippen LogP contribution is -2.30. The van der Waals surface area contributed by atoms with E-state index in [0.717, 1.165) is 12.1 Å². The van der Waals surface area contributed by atoms with E-state index in [9.17, 15) is 18.0 Å². The van der Waals surface area contributed by atoms with Gasteiger partial charge in [-0.25, -0.2) is 13.2 Å². The van der Waals surface area contributed by atoms with Crippen LogP contribution in [0.1, 0.15) is 10.4 Å². The predicted octanol–water partition coefficient (Wildman–Crippen LogP) is 3.29. The van der Waals surface area contributed by atoms with Crippen LogP contribution in [0.2, 0.25) is 5.02 Å². The largest absolute Gasteiger partial charge is 0.486 e. The minimum Gasteiger partial charge on any atom is -0.486 e. The maximum absolute atomic E-state index is 13.5. The van der Waals surface area contributed by atoms with Crippen LogP contribution in [0.25, 0.3) is 0 Å². The molecule has 0 saturated carbocycles. The van der Waals surface area contributed by atoms with E-state index in [1.165, 1.54) is 12.1 Å². The van der Waals surface area contributed by atoms with E-state index in [0.29, 0.717) is 24.7 Å². The second-order valence-electron chi connectivity index (χ2n) is 4.78. The van der Waals surface area contributed by atoms with Crippen molar-refractivity contribution in [2.45, 2.75) is 0 Å². The van der Waals surface area contributed by atoms with Gasteiger partial charge in [-0.15, -0.1) is 0 Å². The van der Waals surface area contributed by atoms with Crippen LogP contribution >= 0.6 is 11.6 Å². The third-order valence-corrected chi connectivity index (χ3v) is 3.49. The van der Waals surface area contributed by atoms with Crippen LogP contribution in [0.5, 0.6) is 11.5 Å². The Kier molecular flexibility index (Phi) is 4.39. The number of halogens is 4. The number of nitrogens with one attached hydrogen (secondary N) is 2. The first-order valence-corrected chi connectivity index (χ1v) is 7.14. The summed E-state index contributed by atoms with van der Waals surface area (Å²) >= 11 is 6.02. The summed E-state index contributed by atoms with van der Waals surface area (Å²) in [6.07, 6.45) is 0. The van der Waals surface area contributed by atoms with Crippen molar-refractivity contribution in [1.29, 1.82) is 0 Å². The van der Waals surface area contributed by atoms with Crippen molar-refractivity contribution in [3.8, 4) is 11.5 Å². The number of benzene rings is 2. The van der Waals surface area contributed by atoms with E-state index in [4.69, 9.17) is 21.1 Å². The Labute approximate surface area is 139 Å². The molecule has 0 aromatic heterocycles. The van der Waals surface area contributed by atoms with Crippen molar-refractivity contribution in [3.05, 3.63) is 52.3 Å². The van der Waals surface area contributed by atoms with Gasteiger partial charge in [-0.05, 0) is 24.3 Å². The molecule has 3 rings (SSSR count). The molecule has 1 heterocycles. The lowest BCUT2D eigenvalue weighted by molar-refractivity contribution is 0.0961. The maximum atomic E-state index is 13.5. The molecule has 9 heteroatoms. The van der Waals surface area contributed by atoms with Gasteiger partial charge in [-0.3, -0.25) is 15.6 Å². The molecule has 126 valence electrons. The topological polar surface area (TPSA) is 59.6 Å². The Morgan fingerprint density at radius 2 is 1.83 bits per heavy atom. The minimum absolute atomic E-state index is 0.111. The summed E-state index contributed by atoms with van der Waals surface area (Å²) in [4.78, 5) is 12.1. The van der Waals surface area contributed by atoms with E-state index in [2.05, 4.69) is 10.9 Å². The van der Waals surface area contributed by atoms with Crippen molar-refractivity contribution in [1.82, 2.24) is 5.43 Å². The summed E-state index contributed by atoms with van der Waals surface area (Å²) in [5, 5.41) is 0.177. The molecule has 2 aromatic rings. The molecule has 0 aliphatic carbocycles. The molecule has 2 N–H and O–H groups in total. The maximum Gasteiger partial charge on any atom is 0.269 e. The fourth-order valence-corrected chi connectivity index (χ4v) is 2.33. The van der Waals surface area contributed by atoms with Gasteiger partial charge in [-0.1, -0.05) is 11.6 Å². The predicted molar refractivity (Wildman–Crippen MR) is 79.8 cm³/mol. The lowest BCUT2D eigenvalue weighted by Gasteiger charge is -2.20. The normalized spacial score (nSPS) is 12.7. The second kappa shape index (κ2) is 6.48. The fraction of sp³-hybridized carbons (Fsp3) is 0.133. The van der Waals surface area contributed by atoms with Crippen molar-refractivity contribution in [2.24, 2.45) is 0 Å². The van der Waals surface area contributed by atoms with Crippen LogP contribution < -0.4 is 20.3 Å². The zero-order chi connectivity index (χ0) is 17.3. The van der Waals surface area contributed by atoms with Crippen LogP contribution in [0.4, 0.5) is 18.9 Å². The van der Waals surface area contributed by atoms with Gasteiger partial charge >= 0.3 is 0 Å². The Bertz CT molecular complexity index is 817. The molecule has 2 aromatic carbocycles. The number of ether oxygens (including phenoxy) is 2. The highest BCUT2D eigenvalue weighted by Gasteiger charge is 2.20. The van der Waals surface area contributed by atoms with E-state index in [1.54, 1.807) is 0 Å². The SMILES string of the molecule is O=C(NNc1ccc(F)c(F)c1F)c1cc(Cl)c2c(c1)OCCO2. The van der Waals surface area contributed by atoms with E-state index >= 15 is 0 Å². The number of amides is 1. The number of carbonyl (C=O) groups is 1. The number of hydrazine groups is 1. The first-order chi connectivity index (χ1) is 11.5. The summed E-state index contributed by atoms with van der Waals surface area (Å²) in [6, 6.07) is 4.42. The molecule has 0 fully saturated rings. The Morgan fingerprint density at radius 1 is 1.08 bits per heavy atom. The fourth-order valence-electron chi connectivity index (χ4n) is 2.06. The molecule has 0 unspecified atom stereocenters. The van der Waals surface area contributed by atoms with Crippen molar-refractivity contribution < 1.29 is 27.4 Å². The van der Waals surface area contributed by atoms with Gasteiger partial charge < -0.3 is 9.47 Å². The molecular formula is C15H10ClF3N2O3.